The molecule has 0 aliphatic heterocycles. The molecular weight excluding hydrogens is 369 g/mol. The average molecular weight is 388 g/mol. The number of carbonyl (C=O) groups excluding carboxylic acids is 2. The van der Waals surface area contributed by atoms with Crippen LogP contribution in [0, 0.1) is 18.8 Å². The summed E-state index contributed by atoms with van der Waals surface area (Å²) in [6.07, 6.45) is -4.35. The number of hydrogen-bond acceptors (Lipinski definition) is 2. The molecule has 7 heteroatoms. The van der Waals surface area contributed by atoms with Crippen LogP contribution in [0.25, 0.3) is 0 Å². The van der Waals surface area contributed by atoms with Crippen LogP contribution in [0.2, 0.25) is 0 Å². The third kappa shape index (κ3) is 6.47. The average Bonchev–Trinajstić information content (AvgIpc) is 2.65. The number of benzene rings is 2. The summed E-state index contributed by atoms with van der Waals surface area (Å²) >= 11 is 0. The van der Waals surface area contributed by atoms with Gasteiger partial charge in [-0.05, 0) is 36.8 Å². The molecule has 2 rings (SSSR count). The standard InChI is InChI=1S/C21H19F3N2O2/c1-15-6-2-3-10-18(15)20(28)26-13-11-19(27)25-12-5-8-16-7-4-9-17(14-16)21(22,23)24/h2-4,6-7,9-10,14H,11-13H2,1H3,(H,25,27)(H,26,28). The summed E-state index contributed by atoms with van der Waals surface area (Å²) in [6.45, 7) is 1.99. The second-order valence-corrected chi connectivity index (χ2v) is 5.98. The SMILES string of the molecule is Cc1ccccc1C(=O)NCCC(=O)NCC#Cc1cccc(C(F)(F)F)c1. The number of alkyl halides is 3. The molecule has 0 radical (unpaired) electrons. The van der Waals surface area contributed by atoms with E-state index in [1.807, 2.05) is 19.1 Å². The second-order valence-electron chi connectivity index (χ2n) is 5.98. The van der Waals surface area contributed by atoms with Gasteiger partial charge in [0, 0.05) is 24.1 Å². The monoisotopic (exact) mass is 388 g/mol. The van der Waals surface area contributed by atoms with E-state index < -0.39 is 11.7 Å². The summed E-state index contributed by atoms with van der Waals surface area (Å²) in [5.74, 6) is 4.62. The molecule has 146 valence electrons. The summed E-state index contributed by atoms with van der Waals surface area (Å²) < 4.78 is 37.9. The van der Waals surface area contributed by atoms with Crippen LogP contribution in [0.4, 0.5) is 13.2 Å². The van der Waals surface area contributed by atoms with Crippen molar-refractivity contribution in [1.82, 2.24) is 10.6 Å². The van der Waals surface area contributed by atoms with Crippen molar-refractivity contribution >= 4 is 11.8 Å². The molecule has 2 aromatic rings. The lowest BCUT2D eigenvalue weighted by Crippen LogP contribution is -2.31. The van der Waals surface area contributed by atoms with Crippen molar-refractivity contribution < 1.29 is 22.8 Å². The number of halogens is 3. The van der Waals surface area contributed by atoms with Gasteiger partial charge in [0.05, 0.1) is 12.1 Å². The molecule has 0 saturated carbocycles. The summed E-state index contributed by atoms with van der Waals surface area (Å²) in [5, 5.41) is 5.20. The first-order valence-corrected chi connectivity index (χ1v) is 8.54. The van der Waals surface area contributed by atoms with E-state index in [2.05, 4.69) is 22.5 Å². The Balaban J connectivity index is 1.75. The lowest BCUT2D eigenvalue weighted by Gasteiger charge is -2.07. The van der Waals surface area contributed by atoms with Crippen LogP contribution in [-0.4, -0.2) is 24.9 Å². The zero-order valence-electron chi connectivity index (χ0n) is 15.2. The van der Waals surface area contributed by atoms with Gasteiger partial charge >= 0.3 is 6.18 Å². The lowest BCUT2D eigenvalue weighted by atomic mass is 10.1. The van der Waals surface area contributed by atoms with E-state index in [9.17, 15) is 22.8 Å². The van der Waals surface area contributed by atoms with Crippen LogP contribution >= 0.6 is 0 Å². The molecule has 0 fully saturated rings. The Kier molecular flexibility index (Phi) is 7.21. The maximum atomic E-state index is 12.6. The van der Waals surface area contributed by atoms with Gasteiger partial charge in [-0.15, -0.1) is 0 Å². The molecule has 0 bridgehead atoms. The fourth-order valence-corrected chi connectivity index (χ4v) is 2.36. The lowest BCUT2D eigenvalue weighted by molar-refractivity contribution is -0.137. The van der Waals surface area contributed by atoms with Crippen molar-refractivity contribution in [2.24, 2.45) is 0 Å². The zero-order chi connectivity index (χ0) is 20.6. The van der Waals surface area contributed by atoms with Crippen molar-refractivity contribution in [2.75, 3.05) is 13.1 Å². The molecule has 2 amide bonds. The molecule has 0 aliphatic rings. The Morgan fingerprint density at radius 3 is 2.50 bits per heavy atom. The molecule has 28 heavy (non-hydrogen) atoms. The molecule has 2 aromatic carbocycles. The Morgan fingerprint density at radius 2 is 1.79 bits per heavy atom. The molecule has 0 saturated heterocycles. The highest BCUT2D eigenvalue weighted by Gasteiger charge is 2.30. The summed E-state index contributed by atoms with van der Waals surface area (Å²) in [6, 6.07) is 11.8. The second kappa shape index (κ2) is 9.60. The Bertz CT molecular complexity index is 912. The third-order valence-electron chi connectivity index (χ3n) is 3.82. The Labute approximate surface area is 161 Å². The van der Waals surface area contributed by atoms with E-state index in [4.69, 9.17) is 0 Å². The van der Waals surface area contributed by atoms with Crippen molar-refractivity contribution in [2.45, 2.75) is 19.5 Å². The molecule has 0 aliphatic carbocycles. The molecule has 0 spiro atoms. The van der Waals surface area contributed by atoms with Gasteiger partial charge in [-0.2, -0.15) is 13.2 Å². The fourth-order valence-electron chi connectivity index (χ4n) is 2.36. The molecule has 4 nitrogen and oxygen atoms in total. The highest BCUT2D eigenvalue weighted by Crippen LogP contribution is 2.29. The van der Waals surface area contributed by atoms with E-state index in [0.29, 0.717) is 5.56 Å². The van der Waals surface area contributed by atoms with Crippen LogP contribution < -0.4 is 10.6 Å². The van der Waals surface area contributed by atoms with E-state index in [1.165, 1.54) is 12.1 Å². The molecular formula is C21H19F3N2O2. The van der Waals surface area contributed by atoms with Crippen LogP contribution in [0.1, 0.15) is 33.5 Å². The quantitative estimate of drug-likeness (QED) is 0.773. The molecule has 0 unspecified atom stereocenters. The summed E-state index contributed by atoms with van der Waals surface area (Å²) in [4.78, 5) is 23.8. The first kappa shape index (κ1) is 21.0. The topological polar surface area (TPSA) is 58.2 Å². The van der Waals surface area contributed by atoms with Gasteiger partial charge in [0.15, 0.2) is 0 Å². The normalized spacial score (nSPS) is 10.6. The van der Waals surface area contributed by atoms with E-state index >= 15 is 0 Å². The van der Waals surface area contributed by atoms with E-state index in [-0.39, 0.29) is 36.9 Å². The number of hydrogen-bond donors (Lipinski definition) is 2. The minimum atomic E-state index is -4.42. The van der Waals surface area contributed by atoms with Gasteiger partial charge in [-0.3, -0.25) is 9.59 Å². The number of amides is 2. The molecule has 0 aromatic heterocycles. The van der Waals surface area contributed by atoms with Gasteiger partial charge in [-0.1, -0.05) is 36.1 Å². The largest absolute Gasteiger partial charge is 0.416 e. The van der Waals surface area contributed by atoms with Crippen molar-refractivity contribution in [3.63, 3.8) is 0 Å². The van der Waals surface area contributed by atoms with Crippen molar-refractivity contribution in [1.29, 1.82) is 0 Å². The Morgan fingerprint density at radius 1 is 1.04 bits per heavy atom. The third-order valence-corrected chi connectivity index (χ3v) is 3.82. The minimum Gasteiger partial charge on any atom is -0.352 e. The summed E-state index contributed by atoms with van der Waals surface area (Å²) in [7, 11) is 0. The highest BCUT2D eigenvalue weighted by molar-refractivity contribution is 5.95. The van der Waals surface area contributed by atoms with Crippen LogP contribution in [0.15, 0.2) is 48.5 Å². The first-order valence-electron chi connectivity index (χ1n) is 8.54. The van der Waals surface area contributed by atoms with Gasteiger partial charge < -0.3 is 10.6 Å². The van der Waals surface area contributed by atoms with Crippen LogP contribution in [0.5, 0.6) is 0 Å². The fraction of sp³-hybridized carbons (Fsp3) is 0.238. The summed E-state index contributed by atoms with van der Waals surface area (Å²) in [5.41, 5.74) is 0.839. The number of carbonyl (C=O) groups is 2. The maximum absolute atomic E-state index is 12.6. The van der Waals surface area contributed by atoms with Gasteiger partial charge in [0.1, 0.15) is 0 Å². The van der Waals surface area contributed by atoms with Gasteiger partial charge in [0.25, 0.3) is 5.91 Å². The van der Waals surface area contributed by atoms with Crippen molar-refractivity contribution in [3.8, 4) is 11.8 Å². The minimum absolute atomic E-state index is 0.000812. The first-order chi connectivity index (χ1) is 13.3. The molecule has 0 heterocycles. The molecule has 0 atom stereocenters. The van der Waals surface area contributed by atoms with E-state index in [1.54, 1.807) is 12.1 Å². The van der Waals surface area contributed by atoms with Crippen molar-refractivity contribution in [3.05, 3.63) is 70.8 Å². The van der Waals surface area contributed by atoms with E-state index in [0.717, 1.165) is 17.7 Å². The molecule has 2 N–H and O–H groups in total. The maximum Gasteiger partial charge on any atom is 0.416 e. The van der Waals surface area contributed by atoms with Crippen LogP contribution in [0.3, 0.4) is 0 Å². The van der Waals surface area contributed by atoms with Gasteiger partial charge in [0.2, 0.25) is 5.91 Å². The Hall–Kier alpha value is -3.27. The number of nitrogens with one attached hydrogen (secondary N) is 2. The zero-order valence-corrected chi connectivity index (χ0v) is 15.2. The number of rotatable bonds is 5. The van der Waals surface area contributed by atoms with Crippen LogP contribution in [-0.2, 0) is 11.0 Å². The smallest absolute Gasteiger partial charge is 0.352 e. The predicted molar refractivity (Wildman–Crippen MR) is 99.5 cm³/mol. The van der Waals surface area contributed by atoms with Gasteiger partial charge in [-0.25, -0.2) is 0 Å². The predicted octanol–water partition coefficient (Wildman–Crippen LogP) is 3.30. The highest BCUT2D eigenvalue weighted by atomic mass is 19.4. The number of aryl methyl sites for hydroxylation is 1.